The van der Waals surface area contributed by atoms with Crippen LogP contribution in [0.1, 0.15) is 0 Å². The van der Waals surface area contributed by atoms with Crippen LogP contribution in [0.2, 0.25) is 0 Å². The number of hydrogen-bond donors (Lipinski definition) is 0. The second-order valence-electron chi connectivity index (χ2n) is 18.8. The maximum absolute atomic E-state index is 2.43. The highest BCUT2D eigenvalue weighted by atomic mass is 15.1. The van der Waals surface area contributed by atoms with Gasteiger partial charge in [0.05, 0.1) is 5.69 Å². The zero-order valence-electron chi connectivity index (χ0n) is 40.2. The fraction of sp³-hybridized carbons (Fsp3) is 0. The van der Waals surface area contributed by atoms with E-state index in [-0.39, 0.29) is 0 Å². The Labute approximate surface area is 427 Å². The standard InChI is InChI=1S/C72H49N/c1-6-20-50(21-7-1)51-34-40-59(41-35-51)73(60-42-36-52(37-43-60)57-38-44-65-63-32-17-16-30-61(63)62-31-18-19-33-64(62)71(65)46-57)72-45-39-58(47-70(72)56-28-14-5-15-29-56)69-49-67(54-24-10-3-11-25-54)66(53-22-8-2-9-23-53)48-68(69)55-26-12-4-13-27-55/h1-49H. The largest absolute Gasteiger partial charge is 0.310 e. The molecule has 0 radical (unpaired) electrons. The van der Waals surface area contributed by atoms with Crippen molar-refractivity contribution in [2.45, 2.75) is 0 Å². The molecule has 0 atom stereocenters. The molecule has 0 saturated heterocycles. The van der Waals surface area contributed by atoms with E-state index in [0.29, 0.717) is 0 Å². The topological polar surface area (TPSA) is 3.24 Å². The van der Waals surface area contributed by atoms with E-state index in [1.165, 1.54) is 93.5 Å². The Hall–Kier alpha value is -9.56. The van der Waals surface area contributed by atoms with E-state index in [4.69, 9.17) is 0 Å². The van der Waals surface area contributed by atoms with Gasteiger partial charge < -0.3 is 4.90 Å². The van der Waals surface area contributed by atoms with Gasteiger partial charge in [-0.25, -0.2) is 0 Å². The highest BCUT2D eigenvalue weighted by Crippen LogP contribution is 2.47. The lowest BCUT2D eigenvalue weighted by Crippen LogP contribution is -2.11. The summed E-state index contributed by atoms with van der Waals surface area (Å²) < 4.78 is 0. The molecule has 0 saturated carbocycles. The molecule has 0 unspecified atom stereocenters. The quantitative estimate of drug-likeness (QED) is 0.124. The summed E-state index contributed by atoms with van der Waals surface area (Å²) >= 11 is 0. The minimum Gasteiger partial charge on any atom is -0.310 e. The van der Waals surface area contributed by atoms with Gasteiger partial charge in [-0.3, -0.25) is 0 Å². The normalized spacial score (nSPS) is 11.3. The Kier molecular flexibility index (Phi) is 11.3. The minimum absolute atomic E-state index is 1.07. The lowest BCUT2D eigenvalue weighted by molar-refractivity contribution is 1.28. The molecule has 0 spiro atoms. The number of anilines is 3. The van der Waals surface area contributed by atoms with Crippen molar-refractivity contribution in [2.24, 2.45) is 0 Å². The van der Waals surface area contributed by atoms with Crippen LogP contribution in [0.15, 0.2) is 297 Å². The van der Waals surface area contributed by atoms with E-state index in [1.807, 2.05) is 0 Å². The first kappa shape index (κ1) is 43.5. The van der Waals surface area contributed by atoms with Crippen LogP contribution in [0.4, 0.5) is 17.1 Å². The molecule has 0 aliphatic rings. The lowest BCUT2D eigenvalue weighted by Gasteiger charge is -2.29. The minimum atomic E-state index is 1.07. The molecule has 0 bridgehead atoms. The highest BCUT2D eigenvalue weighted by molar-refractivity contribution is 6.25. The van der Waals surface area contributed by atoms with Crippen molar-refractivity contribution in [3.63, 3.8) is 0 Å². The molecule has 1 heteroatoms. The van der Waals surface area contributed by atoms with Crippen molar-refractivity contribution in [3.05, 3.63) is 297 Å². The molecule has 13 rings (SSSR count). The molecule has 0 aliphatic carbocycles. The van der Waals surface area contributed by atoms with Crippen LogP contribution in [-0.4, -0.2) is 0 Å². The van der Waals surface area contributed by atoms with Gasteiger partial charge in [0.2, 0.25) is 0 Å². The molecule has 73 heavy (non-hydrogen) atoms. The fourth-order valence-corrected chi connectivity index (χ4v) is 10.9. The molecule has 0 fully saturated rings. The van der Waals surface area contributed by atoms with Crippen molar-refractivity contribution in [2.75, 3.05) is 4.90 Å². The van der Waals surface area contributed by atoms with E-state index in [1.54, 1.807) is 0 Å². The van der Waals surface area contributed by atoms with Crippen LogP contribution < -0.4 is 4.90 Å². The molecule has 0 heterocycles. The van der Waals surface area contributed by atoms with Gasteiger partial charge in [0.25, 0.3) is 0 Å². The smallest absolute Gasteiger partial charge is 0.0540 e. The van der Waals surface area contributed by atoms with E-state index in [9.17, 15) is 0 Å². The van der Waals surface area contributed by atoms with Crippen LogP contribution in [0.3, 0.4) is 0 Å². The van der Waals surface area contributed by atoms with Gasteiger partial charge in [-0.15, -0.1) is 0 Å². The van der Waals surface area contributed by atoms with Crippen molar-refractivity contribution in [3.8, 4) is 77.9 Å². The third-order valence-corrected chi connectivity index (χ3v) is 14.5. The zero-order valence-corrected chi connectivity index (χ0v) is 40.2. The van der Waals surface area contributed by atoms with Gasteiger partial charge in [-0.2, -0.15) is 0 Å². The number of nitrogens with zero attached hydrogens (tertiary/aromatic N) is 1. The summed E-state index contributed by atoms with van der Waals surface area (Å²) in [7, 11) is 0. The summed E-state index contributed by atoms with van der Waals surface area (Å²) in [6.45, 7) is 0. The molecule has 342 valence electrons. The van der Waals surface area contributed by atoms with E-state index in [2.05, 4.69) is 302 Å². The Balaban J connectivity index is 0.991. The summed E-state index contributed by atoms with van der Waals surface area (Å²) in [5, 5.41) is 7.67. The predicted octanol–water partition coefficient (Wildman–Crippen LogP) is 20.3. The SMILES string of the molecule is c1ccc(-c2ccc(N(c3ccc(-c4ccc5c6ccccc6c6ccccc6c5c4)cc3)c3ccc(-c4cc(-c5ccccc5)c(-c5ccccc5)cc4-c4ccccc4)cc3-c3ccccc3)cc2)cc1. The molecular formula is C72H49N. The summed E-state index contributed by atoms with van der Waals surface area (Å²) in [5.41, 5.74) is 19.7. The second kappa shape index (κ2) is 19.0. The van der Waals surface area contributed by atoms with Crippen molar-refractivity contribution < 1.29 is 0 Å². The first-order chi connectivity index (χ1) is 36.2. The van der Waals surface area contributed by atoms with Gasteiger partial charge in [0.1, 0.15) is 0 Å². The van der Waals surface area contributed by atoms with Crippen LogP contribution >= 0.6 is 0 Å². The van der Waals surface area contributed by atoms with Crippen molar-refractivity contribution in [1.82, 2.24) is 0 Å². The summed E-state index contributed by atoms with van der Waals surface area (Å²) in [6.07, 6.45) is 0. The third-order valence-electron chi connectivity index (χ3n) is 14.5. The number of fused-ring (bicyclic) bond motifs is 6. The van der Waals surface area contributed by atoms with Gasteiger partial charge >= 0.3 is 0 Å². The van der Waals surface area contributed by atoms with Gasteiger partial charge in [-0.05, 0) is 159 Å². The van der Waals surface area contributed by atoms with Crippen molar-refractivity contribution in [1.29, 1.82) is 0 Å². The maximum atomic E-state index is 2.43. The maximum Gasteiger partial charge on any atom is 0.0540 e. The Morgan fingerprint density at radius 3 is 0.904 bits per heavy atom. The molecule has 0 N–H and O–H groups in total. The number of rotatable bonds is 10. The highest BCUT2D eigenvalue weighted by Gasteiger charge is 2.22. The Bertz CT molecular complexity index is 4040. The first-order valence-electron chi connectivity index (χ1n) is 25.2. The van der Waals surface area contributed by atoms with E-state index in [0.717, 1.165) is 33.8 Å². The average Bonchev–Trinajstić information content (AvgIpc) is 3.48. The van der Waals surface area contributed by atoms with E-state index >= 15 is 0 Å². The molecule has 0 aliphatic heterocycles. The van der Waals surface area contributed by atoms with Gasteiger partial charge in [0, 0.05) is 16.9 Å². The Morgan fingerprint density at radius 2 is 0.466 bits per heavy atom. The lowest BCUT2D eigenvalue weighted by atomic mass is 9.85. The van der Waals surface area contributed by atoms with Crippen LogP contribution in [0, 0.1) is 0 Å². The van der Waals surface area contributed by atoms with Crippen LogP contribution in [-0.2, 0) is 0 Å². The van der Waals surface area contributed by atoms with Crippen molar-refractivity contribution >= 4 is 49.4 Å². The Morgan fingerprint density at radius 1 is 0.164 bits per heavy atom. The monoisotopic (exact) mass is 927 g/mol. The second-order valence-corrected chi connectivity index (χ2v) is 18.8. The first-order valence-corrected chi connectivity index (χ1v) is 25.2. The fourth-order valence-electron chi connectivity index (χ4n) is 10.9. The van der Waals surface area contributed by atoms with Gasteiger partial charge in [-0.1, -0.05) is 243 Å². The molecule has 1 nitrogen and oxygen atoms in total. The molecule has 13 aromatic rings. The zero-order chi connectivity index (χ0) is 48.5. The predicted molar refractivity (Wildman–Crippen MR) is 312 cm³/mol. The summed E-state index contributed by atoms with van der Waals surface area (Å²) in [4.78, 5) is 2.43. The number of benzene rings is 13. The summed E-state index contributed by atoms with van der Waals surface area (Å²) in [5.74, 6) is 0. The van der Waals surface area contributed by atoms with Gasteiger partial charge in [0.15, 0.2) is 0 Å². The van der Waals surface area contributed by atoms with Crippen LogP contribution in [0.25, 0.3) is 110 Å². The van der Waals surface area contributed by atoms with E-state index < -0.39 is 0 Å². The van der Waals surface area contributed by atoms with Crippen LogP contribution in [0.5, 0.6) is 0 Å². The number of hydrogen-bond acceptors (Lipinski definition) is 1. The third kappa shape index (κ3) is 8.23. The average molecular weight is 928 g/mol. The molecule has 13 aromatic carbocycles. The molecular weight excluding hydrogens is 879 g/mol. The summed E-state index contributed by atoms with van der Waals surface area (Å²) in [6, 6.07) is 109. The molecule has 0 amide bonds. The molecule has 0 aromatic heterocycles.